The molecule has 0 aromatic carbocycles. The van der Waals surface area contributed by atoms with Gasteiger partial charge in [0.1, 0.15) is 10.7 Å². The van der Waals surface area contributed by atoms with Crippen molar-refractivity contribution in [2.24, 2.45) is 5.73 Å². The van der Waals surface area contributed by atoms with Gasteiger partial charge < -0.3 is 15.7 Å². The molecule has 2 heterocycles. The molecule has 1 aromatic rings. The number of amides is 1. The first-order valence-corrected chi connectivity index (χ1v) is 8.93. The first-order chi connectivity index (χ1) is 9.46. The normalized spacial score (nSPS) is 21.0. The van der Waals surface area contributed by atoms with E-state index < -0.39 is 9.84 Å². The van der Waals surface area contributed by atoms with Gasteiger partial charge in [-0.1, -0.05) is 0 Å². The predicted octanol–water partition coefficient (Wildman–Crippen LogP) is -0.777. The second kappa shape index (κ2) is 6.17. The molecule has 0 radical (unpaired) electrons. The SMILES string of the molecule is NCc1nc(C(=O)N(CCO)C2CCS(=O)(=O)C2)cs1. The van der Waals surface area contributed by atoms with E-state index in [1.807, 2.05) is 0 Å². The summed E-state index contributed by atoms with van der Waals surface area (Å²) in [5, 5.41) is 11.4. The summed E-state index contributed by atoms with van der Waals surface area (Å²) in [7, 11) is -3.09. The zero-order valence-electron chi connectivity index (χ0n) is 10.9. The Morgan fingerprint density at radius 2 is 2.35 bits per heavy atom. The van der Waals surface area contributed by atoms with Crippen molar-refractivity contribution in [3.8, 4) is 0 Å². The maximum Gasteiger partial charge on any atom is 0.273 e. The van der Waals surface area contributed by atoms with Crippen LogP contribution in [0, 0.1) is 0 Å². The highest BCUT2D eigenvalue weighted by Crippen LogP contribution is 2.20. The minimum Gasteiger partial charge on any atom is -0.395 e. The number of sulfone groups is 1. The Balaban J connectivity index is 2.18. The number of aliphatic hydroxyl groups is 1. The van der Waals surface area contributed by atoms with Gasteiger partial charge in [-0.15, -0.1) is 11.3 Å². The van der Waals surface area contributed by atoms with Gasteiger partial charge in [-0.05, 0) is 6.42 Å². The third-order valence-electron chi connectivity index (χ3n) is 3.20. The summed E-state index contributed by atoms with van der Waals surface area (Å²) in [6.45, 7) is 0.153. The number of nitrogens with two attached hydrogens (primary N) is 1. The van der Waals surface area contributed by atoms with Crippen LogP contribution in [0.15, 0.2) is 5.38 Å². The van der Waals surface area contributed by atoms with Crippen LogP contribution < -0.4 is 5.73 Å². The molecule has 1 amide bonds. The van der Waals surface area contributed by atoms with E-state index in [4.69, 9.17) is 10.8 Å². The molecule has 2 rings (SSSR count). The van der Waals surface area contributed by atoms with E-state index in [-0.39, 0.29) is 48.8 Å². The Bertz CT molecular complexity index is 584. The molecule has 1 aliphatic rings. The van der Waals surface area contributed by atoms with Crippen LogP contribution in [0.4, 0.5) is 0 Å². The van der Waals surface area contributed by atoms with Crippen molar-refractivity contribution in [1.29, 1.82) is 0 Å². The van der Waals surface area contributed by atoms with Gasteiger partial charge in [-0.2, -0.15) is 0 Å². The molecule has 9 heteroatoms. The predicted molar refractivity (Wildman–Crippen MR) is 75.2 cm³/mol. The first kappa shape index (κ1) is 15.4. The number of nitrogens with zero attached hydrogens (tertiary/aromatic N) is 2. The fourth-order valence-electron chi connectivity index (χ4n) is 2.23. The van der Waals surface area contributed by atoms with Crippen LogP contribution in [0.1, 0.15) is 21.9 Å². The Kier molecular flexibility index (Phi) is 4.74. The fourth-order valence-corrected chi connectivity index (χ4v) is 4.61. The maximum absolute atomic E-state index is 12.4. The number of hydrogen-bond donors (Lipinski definition) is 2. The maximum atomic E-state index is 12.4. The number of rotatable bonds is 5. The quantitative estimate of drug-likeness (QED) is 0.736. The lowest BCUT2D eigenvalue weighted by Crippen LogP contribution is -2.43. The van der Waals surface area contributed by atoms with Gasteiger partial charge in [0.2, 0.25) is 0 Å². The molecule has 1 atom stereocenters. The zero-order chi connectivity index (χ0) is 14.8. The molecule has 112 valence electrons. The molecule has 1 saturated heterocycles. The van der Waals surface area contributed by atoms with Crippen LogP contribution in [0.5, 0.6) is 0 Å². The number of hydrogen-bond acceptors (Lipinski definition) is 7. The largest absolute Gasteiger partial charge is 0.395 e. The smallest absolute Gasteiger partial charge is 0.273 e. The van der Waals surface area contributed by atoms with E-state index in [9.17, 15) is 13.2 Å². The molecule has 0 spiro atoms. The third-order valence-corrected chi connectivity index (χ3v) is 5.82. The van der Waals surface area contributed by atoms with Crippen LogP contribution in [0.2, 0.25) is 0 Å². The van der Waals surface area contributed by atoms with Gasteiger partial charge in [0, 0.05) is 24.5 Å². The second-order valence-corrected chi connectivity index (χ2v) is 7.78. The molecule has 1 unspecified atom stereocenters. The molecule has 20 heavy (non-hydrogen) atoms. The summed E-state index contributed by atoms with van der Waals surface area (Å²) >= 11 is 1.29. The third kappa shape index (κ3) is 3.35. The molecular weight excluding hydrogens is 302 g/mol. The van der Waals surface area contributed by atoms with Crippen molar-refractivity contribution in [3.63, 3.8) is 0 Å². The topological polar surface area (TPSA) is 114 Å². The summed E-state index contributed by atoms with van der Waals surface area (Å²) in [4.78, 5) is 17.9. The zero-order valence-corrected chi connectivity index (χ0v) is 12.5. The molecular formula is C11H17N3O4S2. The van der Waals surface area contributed by atoms with Crippen LogP contribution in [0.3, 0.4) is 0 Å². The average Bonchev–Trinajstić information content (AvgIpc) is 3.01. The van der Waals surface area contributed by atoms with Crippen molar-refractivity contribution >= 4 is 27.1 Å². The molecule has 1 fully saturated rings. The minimum absolute atomic E-state index is 0.0490. The summed E-state index contributed by atoms with van der Waals surface area (Å²) in [6, 6.07) is -0.386. The minimum atomic E-state index is -3.09. The van der Waals surface area contributed by atoms with Gasteiger partial charge in [0.05, 0.1) is 18.1 Å². The highest BCUT2D eigenvalue weighted by atomic mass is 32.2. The van der Waals surface area contributed by atoms with E-state index in [0.29, 0.717) is 11.4 Å². The van der Waals surface area contributed by atoms with E-state index in [1.54, 1.807) is 5.38 Å². The lowest BCUT2D eigenvalue weighted by Gasteiger charge is -2.26. The molecule has 1 aromatic heterocycles. The monoisotopic (exact) mass is 319 g/mol. The van der Waals surface area contributed by atoms with Crippen LogP contribution in [-0.4, -0.2) is 60.0 Å². The Labute approximate surface area is 121 Å². The van der Waals surface area contributed by atoms with Crippen molar-refractivity contribution < 1.29 is 18.3 Å². The van der Waals surface area contributed by atoms with Gasteiger partial charge in [0.25, 0.3) is 5.91 Å². The van der Waals surface area contributed by atoms with E-state index in [1.165, 1.54) is 16.2 Å². The highest BCUT2D eigenvalue weighted by molar-refractivity contribution is 7.91. The van der Waals surface area contributed by atoms with Crippen molar-refractivity contribution in [2.75, 3.05) is 24.7 Å². The molecule has 0 saturated carbocycles. The summed E-state index contributed by atoms with van der Waals surface area (Å²) in [5.74, 6) is -0.318. The van der Waals surface area contributed by atoms with Crippen LogP contribution in [-0.2, 0) is 16.4 Å². The fraction of sp³-hybridized carbons (Fsp3) is 0.636. The lowest BCUT2D eigenvalue weighted by molar-refractivity contribution is 0.0650. The standard InChI is InChI=1S/C11H17N3O4S2/c12-5-10-13-9(6-19-10)11(16)14(2-3-15)8-1-4-20(17,18)7-8/h6,8,15H,1-5,7,12H2. The number of carbonyl (C=O) groups is 1. The first-order valence-electron chi connectivity index (χ1n) is 6.23. The number of aromatic nitrogens is 1. The van der Waals surface area contributed by atoms with E-state index >= 15 is 0 Å². The Hall–Kier alpha value is -1.03. The van der Waals surface area contributed by atoms with Crippen LogP contribution >= 0.6 is 11.3 Å². The highest BCUT2D eigenvalue weighted by Gasteiger charge is 2.35. The number of aliphatic hydroxyl groups excluding tert-OH is 1. The van der Waals surface area contributed by atoms with E-state index in [0.717, 1.165) is 0 Å². The second-order valence-electron chi connectivity index (χ2n) is 4.61. The Morgan fingerprint density at radius 3 is 2.85 bits per heavy atom. The molecule has 0 aliphatic carbocycles. The summed E-state index contributed by atoms with van der Waals surface area (Å²) in [6.07, 6.45) is 0.405. The lowest BCUT2D eigenvalue weighted by atomic mass is 10.2. The summed E-state index contributed by atoms with van der Waals surface area (Å²) in [5.41, 5.74) is 5.72. The summed E-state index contributed by atoms with van der Waals surface area (Å²) < 4.78 is 23.1. The van der Waals surface area contributed by atoms with E-state index in [2.05, 4.69) is 4.98 Å². The Morgan fingerprint density at radius 1 is 1.60 bits per heavy atom. The molecule has 7 nitrogen and oxygen atoms in total. The molecule has 1 aliphatic heterocycles. The van der Waals surface area contributed by atoms with Gasteiger partial charge in [-0.3, -0.25) is 4.79 Å². The average molecular weight is 319 g/mol. The van der Waals surface area contributed by atoms with Gasteiger partial charge in [0.15, 0.2) is 9.84 Å². The van der Waals surface area contributed by atoms with Crippen molar-refractivity contribution in [3.05, 3.63) is 16.1 Å². The van der Waals surface area contributed by atoms with Gasteiger partial charge in [-0.25, -0.2) is 13.4 Å². The molecule has 0 bridgehead atoms. The molecule has 3 N–H and O–H groups in total. The number of thiazole rings is 1. The van der Waals surface area contributed by atoms with Crippen LogP contribution in [0.25, 0.3) is 0 Å². The van der Waals surface area contributed by atoms with Crippen molar-refractivity contribution in [2.45, 2.75) is 19.0 Å². The van der Waals surface area contributed by atoms with Gasteiger partial charge >= 0.3 is 0 Å². The number of carbonyl (C=O) groups excluding carboxylic acids is 1. The van der Waals surface area contributed by atoms with Crippen molar-refractivity contribution in [1.82, 2.24) is 9.88 Å².